The maximum atomic E-state index is 12.9. The summed E-state index contributed by atoms with van der Waals surface area (Å²) in [6.07, 6.45) is -3.74. The number of nitrogens with zero attached hydrogens (tertiary/aromatic N) is 1. The number of alkyl halides is 3. The molecule has 1 fully saturated rings. The molecule has 1 amide bonds. The second-order valence-electron chi connectivity index (χ2n) is 10.6. The molecule has 2 aromatic carbocycles. The van der Waals surface area contributed by atoms with Crippen LogP contribution in [0.4, 0.5) is 18.0 Å². The highest BCUT2D eigenvalue weighted by Crippen LogP contribution is 2.42. The number of hydrogen-bond acceptors (Lipinski definition) is 5. The van der Waals surface area contributed by atoms with Crippen LogP contribution in [0.3, 0.4) is 0 Å². The fraction of sp³-hybridized carbons (Fsp3) is 0.519. The van der Waals surface area contributed by atoms with Crippen LogP contribution in [0.2, 0.25) is 0 Å². The van der Waals surface area contributed by atoms with Crippen LogP contribution in [0.25, 0.3) is 0 Å². The van der Waals surface area contributed by atoms with Crippen molar-refractivity contribution in [2.24, 2.45) is 5.92 Å². The molecule has 2 aliphatic heterocycles. The number of benzene rings is 2. The molecule has 1 saturated heterocycles. The molecule has 0 saturated carbocycles. The van der Waals surface area contributed by atoms with Gasteiger partial charge in [-0.15, -0.1) is 13.2 Å². The quantitative estimate of drug-likeness (QED) is 0.483. The number of likely N-dealkylation sites (tertiary alicyclic amines) is 1. The van der Waals surface area contributed by atoms with Crippen molar-refractivity contribution in [2.75, 3.05) is 13.1 Å². The second-order valence-corrected chi connectivity index (χ2v) is 12.6. The van der Waals surface area contributed by atoms with Gasteiger partial charge in [0.25, 0.3) is 0 Å². The Morgan fingerprint density at radius 3 is 2.42 bits per heavy atom. The van der Waals surface area contributed by atoms with Crippen LogP contribution < -0.4 is 14.2 Å². The van der Waals surface area contributed by atoms with E-state index in [2.05, 4.69) is 9.46 Å². The van der Waals surface area contributed by atoms with E-state index in [1.807, 2.05) is 51.1 Å². The number of ether oxygens (including phenoxy) is 3. The SMILES string of the molecule is CC(C)(C)[S@](=O)N[C@@H]1C[C@H](C2CCN(C(=O)OCc3ccccc3)CC2)Oc2cc(OC(F)(F)F)ccc21. The van der Waals surface area contributed by atoms with Gasteiger partial charge in [-0.1, -0.05) is 36.4 Å². The zero-order valence-electron chi connectivity index (χ0n) is 21.6. The highest BCUT2D eigenvalue weighted by atomic mass is 32.2. The summed E-state index contributed by atoms with van der Waals surface area (Å²) in [4.78, 5) is 14.2. The maximum Gasteiger partial charge on any atom is 0.573 e. The number of hydrogen-bond donors (Lipinski definition) is 1. The Bertz CT molecular complexity index is 1130. The Hall–Kier alpha value is -2.79. The average molecular weight is 555 g/mol. The lowest BCUT2D eigenvalue weighted by atomic mass is 9.85. The summed E-state index contributed by atoms with van der Waals surface area (Å²) < 4.78 is 69.7. The van der Waals surface area contributed by atoms with Gasteiger partial charge in [0.2, 0.25) is 0 Å². The van der Waals surface area contributed by atoms with E-state index in [9.17, 15) is 22.2 Å². The molecule has 208 valence electrons. The Morgan fingerprint density at radius 2 is 1.79 bits per heavy atom. The molecule has 2 aromatic rings. The van der Waals surface area contributed by atoms with E-state index in [1.165, 1.54) is 18.2 Å². The summed E-state index contributed by atoms with van der Waals surface area (Å²) >= 11 is 0. The van der Waals surface area contributed by atoms with Crippen molar-refractivity contribution in [2.45, 2.75) is 69.9 Å². The van der Waals surface area contributed by atoms with E-state index in [0.717, 1.165) is 5.56 Å². The van der Waals surface area contributed by atoms with Crippen LogP contribution in [-0.2, 0) is 22.3 Å². The molecule has 3 atom stereocenters. The van der Waals surface area contributed by atoms with Crippen molar-refractivity contribution in [3.8, 4) is 11.5 Å². The molecule has 0 bridgehead atoms. The number of piperidine rings is 1. The number of amides is 1. The number of carbonyl (C=O) groups excluding carboxylic acids is 1. The second kappa shape index (κ2) is 11.5. The lowest BCUT2D eigenvalue weighted by Crippen LogP contribution is -2.46. The van der Waals surface area contributed by atoms with E-state index in [4.69, 9.17) is 9.47 Å². The molecular formula is C27H33F3N2O5S. The summed E-state index contributed by atoms with van der Waals surface area (Å²) in [5.41, 5.74) is 1.54. The van der Waals surface area contributed by atoms with E-state index >= 15 is 0 Å². The molecule has 2 aliphatic rings. The van der Waals surface area contributed by atoms with Gasteiger partial charge in [-0.2, -0.15) is 0 Å². The Balaban J connectivity index is 1.43. The van der Waals surface area contributed by atoms with E-state index < -0.39 is 22.1 Å². The molecule has 0 spiro atoms. The zero-order valence-corrected chi connectivity index (χ0v) is 22.4. The van der Waals surface area contributed by atoms with Crippen molar-refractivity contribution in [1.29, 1.82) is 0 Å². The molecular weight excluding hydrogens is 521 g/mol. The number of carbonyl (C=O) groups is 1. The van der Waals surface area contributed by atoms with Crippen LogP contribution in [0.15, 0.2) is 48.5 Å². The van der Waals surface area contributed by atoms with Crippen LogP contribution in [0.5, 0.6) is 11.5 Å². The van der Waals surface area contributed by atoms with Crippen LogP contribution >= 0.6 is 0 Å². The third-order valence-electron chi connectivity index (χ3n) is 6.67. The highest BCUT2D eigenvalue weighted by Gasteiger charge is 2.38. The summed E-state index contributed by atoms with van der Waals surface area (Å²) in [5.74, 6) is -0.0411. The van der Waals surface area contributed by atoms with Crippen molar-refractivity contribution < 1.29 is 36.4 Å². The highest BCUT2D eigenvalue weighted by molar-refractivity contribution is 7.84. The molecule has 38 heavy (non-hydrogen) atoms. The van der Waals surface area contributed by atoms with Crippen molar-refractivity contribution in [3.63, 3.8) is 0 Å². The predicted molar refractivity (Wildman–Crippen MR) is 137 cm³/mol. The van der Waals surface area contributed by atoms with Crippen LogP contribution in [0.1, 0.15) is 57.2 Å². The first-order chi connectivity index (χ1) is 17.9. The molecule has 0 aromatic heterocycles. The molecule has 0 unspecified atom stereocenters. The fourth-order valence-corrected chi connectivity index (χ4v) is 5.48. The lowest BCUT2D eigenvalue weighted by Gasteiger charge is -2.40. The molecule has 1 N–H and O–H groups in total. The first-order valence-electron chi connectivity index (χ1n) is 12.6. The van der Waals surface area contributed by atoms with Gasteiger partial charge in [0.1, 0.15) is 24.2 Å². The van der Waals surface area contributed by atoms with Crippen LogP contribution in [-0.4, -0.2) is 45.5 Å². The van der Waals surface area contributed by atoms with Gasteiger partial charge in [0.05, 0.1) is 21.8 Å². The monoisotopic (exact) mass is 554 g/mol. The minimum atomic E-state index is -4.82. The largest absolute Gasteiger partial charge is 0.573 e. The lowest BCUT2D eigenvalue weighted by molar-refractivity contribution is -0.274. The first-order valence-corrected chi connectivity index (χ1v) is 13.7. The maximum absolute atomic E-state index is 12.9. The van der Waals surface area contributed by atoms with Gasteiger partial charge in [-0.3, -0.25) is 0 Å². The summed E-state index contributed by atoms with van der Waals surface area (Å²) in [6.45, 7) is 6.70. The molecule has 0 aliphatic carbocycles. The summed E-state index contributed by atoms with van der Waals surface area (Å²) in [6, 6.07) is 13.1. The third-order valence-corrected chi connectivity index (χ3v) is 8.29. The van der Waals surface area contributed by atoms with Gasteiger partial charge in [0, 0.05) is 31.1 Å². The molecule has 2 heterocycles. The van der Waals surface area contributed by atoms with Gasteiger partial charge >= 0.3 is 12.5 Å². The van der Waals surface area contributed by atoms with E-state index in [1.54, 1.807) is 4.90 Å². The molecule has 11 heteroatoms. The molecule has 0 radical (unpaired) electrons. The van der Waals surface area contributed by atoms with Gasteiger partial charge in [-0.05, 0) is 51.2 Å². The number of halogens is 3. The topological polar surface area (TPSA) is 77.1 Å². The van der Waals surface area contributed by atoms with E-state index in [0.29, 0.717) is 37.9 Å². The summed E-state index contributed by atoms with van der Waals surface area (Å²) in [5, 5.41) is 0. The minimum Gasteiger partial charge on any atom is -0.490 e. The van der Waals surface area contributed by atoms with Gasteiger partial charge < -0.3 is 19.1 Å². The van der Waals surface area contributed by atoms with Crippen molar-refractivity contribution in [1.82, 2.24) is 9.62 Å². The third kappa shape index (κ3) is 7.41. The smallest absolute Gasteiger partial charge is 0.490 e. The van der Waals surface area contributed by atoms with Gasteiger partial charge in [-0.25, -0.2) is 13.7 Å². The van der Waals surface area contributed by atoms with Crippen molar-refractivity contribution in [3.05, 3.63) is 59.7 Å². The van der Waals surface area contributed by atoms with E-state index in [-0.39, 0.29) is 42.3 Å². The fourth-order valence-electron chi connectivity index (χ4n) is 4.64. The number of fused-ring (bicyclic) bond motifs is 1. The van der Waals surface area contributed by atoms with Crippen LogP contribution in [0, 0.1) is 5.92 Å². The molecule has 4 rings (SSSR count). The number of nitrogens with one attached hydrogen (secondary N) is 1. The average Bonchev–Trinajstić information content (AvgIpc) is 2.86. The van der Waals surface area contributed by atoms with Gasteiger partial charge in [0.15, 0.2) is 0 Å². The molecule has 7 nitrogen and oxygen atoms in total. The Morgan fingerprint density at radius 1 is 1.11 bits per heavy atom. The number of rotatable bonds is 6. The zero-order chi connectivity index (χ0) is 27.5. The normalized spacial score (nSPS) is 21.3. The minimum absolute atomic E-state index is 0.0564. The predicted octanol–water partition coefficient (Wildman–Crippen LogP) is 5.88. The van der Waals surface area contributed by atoms with Crippen molar-refractivity contribution >= 4 is 17.1 Å². The Labute approximate surface area is 223 Å². The summed E-state index contributed by atoms with van der Waals surface area (Å²) in [7, 11) is -1.40. The first kappa shape index (κ1) is 28.2. The Kier molecular flexibility index (Phi) is 8.56. The standard InChI is InChI=1S/C27H33F3N2O5S/c1-26(2,3)38(34)31-22-16-23(36-24-15-20(9-10-21(22)24)37-27(28,29)30)19-11-13-32(14-12-19)25(33)35-17-18-7-5-4-6-8-18/h4-10,15,19,22-23,31H,11-14,16-17H2,1-3H3/t22-,23-,38+/m1/s1.